The highest BCUT2D eigenvalue weighted by molar-refractivity contribution is 5.70. The van der Waals surface area contributed by atoms with Crippen molar-refractivity contribution in [2.75, 3.05) is 41.0 Å². The van der Waals surface area contributed by atoms with Crippen molar-refractivity contribution in [2.45, 2.75) is 206 Å². The summed E-state index contributed by atoms with van der Waals surface area (Å²) in [5.74, 6) is -1.73. The highest BCUT2D eigenvalue weighted by Gasteiger charge is 2.25. The zero-order valence-electron chi connectivity index (χ0n) is 34.0. The first-order valence-electron chi connectivity index (χ1n) is 21.2. The van der Waals surface area contributed by atoms with E-state index in [2.05, 4.69) is 26.0 Å². The molecule has 0 spiro atoms. The van der Waals surface area contributed by atoms with Crippen molar-refractivity contribution in [1.29, 1.82) is 0 Å². The number of rotatable bonds is 38. The van der Waals surface area contributed by atoms with E-state index in [-0.39, 0.29) is 42.7 Å². The first-order valence-corrected chi connectivity index (χ1v) is 21.2. The van der Waals surface area contributed by atoms with Gasteiger partial charge < -0.3 is 28.6 Å². The van der Waals surface area contributed by atoms with Gasteiger partial charge in [-0.2, -0.15) is 0 Å². The van der Waals surface area contributed by atoms with Crippen molar-refractivity contribution in [2.24, 2.45) is 0 Å². The van der Waals surface area contributed by atoms with E-state index in [1.54, 1.807) is 21.1 Å². The Morgan fingerprint density at radius 3 is 1.41 bits per heavy atom. The number of nitrogens with zero attached hydrogens (tertiary/aromatic N) is 1. The molecule has 0 aliphatic rings. The maximum Gasteiger partial charge on any atom is 0.306 e. The molecule has 0 radical (unpaired) electrons. The van der Waals surface area contributed by atoms with Crippen LogP contribution in [0.1, 0.15) is 194 Å². The van der Waals surface area contributed by atoms with Gasteiger partial charge in [0.2, 0.25) is 0 Å². The Balaban J connectivity index is 4.25. The van der Waals surface area contributed by atoms with Gasteiger partial charge in [-0.15, -0.1) is 0 Å². The molecule has 0 bridgehead atoms. The molecule has 8 nitrogen and oxygen atoms in total. The van der Waals surface area contributed by atoms with Gasteiger partial charge in [-0.3, -0.25) is 9.59 Å². The summed E-state index contributed by atoms with van der Waals surface area (Å²) >= 11 is 0. The Labute approximate surface area is 314 Å². The van der Waals surface area contributed by atoms with Crippen LogP contribution in [0.15, 0.2) is 12.2 Å². The van der Waals surface area contributed by atoms with Gasteiger partial charge in [0.25, 0.3) is 0 Å². The summed E-state index contributed by atoms with van der Waals surface area (Å²) in [7, 11) is 5.40. The minimum Gasteiger partial charge on any atom is -0.544 e. The first-order chi connectivity index (χ1) is 24.6. The van der Waals surface area contributed by atoms with E-state index in [9.17, 15) is 19.5 Å². The summed E-state index contributed by atoms with van der Waals surface area (Å²) in [5, 5.41) is 11.6. The number of hydrogen-bond donors (Lipinski definition) is 0. The monoisotopic (exact) mass is 724 g/mol. The maximum atomic E-state index is 12.7. The molecule has 0 saturated heterocycles. The van der Waals surface area contributed by atoms with Crippen molar-refractivity contribution in [3.05, 3.63) is 12.2 Å². The smallest absolute Gasteiger partial charge is 0.306 e. The quantitative estimate of drug-likeness (QED) is 0.0271. The van der Waals surface area contributed by atoms with Crippen LogP contribution < -0.4 is 5.11 Å². The number of likely N-dealkylation sites (N-methyl/N-ethyl adjacent to an activating group) is 1. The number of quaternary nitrogens is 1. The van der Waals surface area contributed by atoms with Crippen molar-refractivity contribution in [3.63, 3.8) is 0 Å². The minimum absolute atomic E-state index is 0.0448. The highest BCUT2D eigenvalue weighted by atomic mass is 16.6. The van der Waals surface area contributed by atoms with Crippen molar-refractivity contribution in [3.8, 4) is 0 Å². The number of allylic oxidation sites excluding steroid dienone is 2. The maximum absolute atomic E-state index is 12.7. The third-order valence-electron chi connectivity index (χ3n) is 9.65. The molecule has 0 amide bonds. The Hall–Kier alpha value is -1.93. The zero-order valence-corrected chi connectivity index (χ0v) is 34.0. The lowest BCUT2D eigenvalue weighted by Crippen LogP contribution is -2.55. The topological polar surface area (TPSA) is 102 Å². The molecular formula is C43H81NO7. The number of aliphatic carboxylic acids is 1. The third-order valence-corrected chi connectivity index (χ3v) is 9.65. The molecule has 0 fully saturated rings. The fraction of sp³-hybridized carbons (Fsp3) is 0.884. The fourth-order valence-electron chi connectivity index (χ4n) is 6.30. The molecule has 0 aliphatic heterocycles. The largest absolute Gasteiger partial charge is 0.544 e. The summed E-state index contributed by atoms with van der Waals surface area (Å²) in [4.78, 5) is 36.6. The molecule has 2 atom stereocenters. The lowest BCUT2D eigenvalue weighted by atomic mass is 10.1. The van der Waals surface area contributed by atoms with Gasteiger partial charge in [0.1, 0.15) is 12.6 Å². The molecule has 2 unspecified atom stereocenters. The zero-order chi connectivity index (χ0) is 37.8. The molecule has 8 heteroatoms. The lowest BCUT2D eigenvalue weighted by Gasteiger charge is -2.34. The van der Waals surface area contributed by atoms with E-state index in [0.717, 1.165) is 38.5 Å². The summed E-state index contributed by atoms with van der Waals surface area (Å²) in [6.45, 7) is 4.64. The molecule has 0 aromatic carbocycles. The predicted octanol–water partition coefficient (Wildman–Crippen LogP) is 9.80. The van der Waals surface area contributed by atoms with Crippen LogP contribution in [0, 0.1) is 0 Å². The van der Waals surface area contributed by atoms with E-state index in [4.69, 9.17) is 14.2 Å². The van der Waals surface area contributed by atoms with Crippen LogP contribution >= 0.6 is 0 Å². The number of carboxylic acid groups (broad SMARTS) is 1. The van der Waals surface area contributed by atoms with Crippen molar-refractivity contribution in [1.82, 2.24) is 0 Å². The standard InChI is InChI=1S/C43H81NO7/c1-6-8-10-12-14-16-17-18-19-20-21-22-23-24-25-26-28-30-32-34-42(46)51-39(37-49-36-35-40(43(47)48)44(3,4)5)38-50-41(45)33-31-29-27-15-13-11-9-7-2/h18-19,39-40H,6-17,20-38H2,1-5H3/b19-18-. The second-order valence-corrected chi connectivity index (χ2v) is 15.6. The second kappa shape index (κ2) is 35.1. The van der Waals surface area contributed by atoms with Crippen LogP contribution in [-0.2, 0) is 28.6 Å². The van der Waals surface area contributed by atoms with E-state index in [1.165, 1.54) is 122 Å². The molecule has 51 heavy (non-hydrogen) atoms. The van der Waals surface area contributed by atoms with Crippen molar-refractivity contribution < 1.29 is 38.2 Å². The Morgan fingerprint density at radius 1 is 0.569 bits per heavy atom. The van der Waals surface area contributed by atoms with Crippen LogP contribution in [0.2, 0.25) is 0 Å². The lowest BCUT2D eigenvalue weighted by molar-refractivity contribution is -0.889. The summed E-state index contributed by atoms with van der Waals surface area (Å²) in [5.41, 5.74) is 0. The fourth-order valence-corrected chi connectivity index (χ4v) is 6.30. The predicted molar refractivity (Wildman–Crippen MR) is 208 cm³/mol. The van der Waals surface area contributed by atoms with E-state index in [0.29, 0.717) is 12.8 Å². The highest BCUT2D eigenvalue weighted by Crippen LogP contribution is 2.14. The normalized spacial score (nSPS) is 13.0. The molecule has 0 aromatic rings. The minimum atomic E-state index is -1.12. The van der Waals surface area contributed by atoms with Gasteiger partial charge in [0, 0.05) is 19.3 Å². The second-order valence-electron chi connectivity index (χ2n) is 15.6. The van der Waals surface area contributed by atoms with Gasteiger partial charge in [0.05, 0.1) is 40.3 Å². The van der Waals surface area contributed by atoms with Crippen molar-refractivity contribution >= 4 is 17.9 Å². The van der Waals surface area contributed by atoms with E-state index in [1.807, 2.05) is 0 Å². The molecule has 0 N–H and O–H groups in total. The SMILES string of the molecule is CCCCCCCC/C=C\CCCCCCCCCCCC(=O)OC(COCCC(C(=O)[O-])[N+](C)(C)C)COC(=O)CCCCCCCCCC. The first kappa shape index (κ1) is 49.1. The summed E-state index contributed by atoms with van der Waals surface area (Å²) in [6, 6.07) is -0.720. The summed E-state index contributed by atoms with van der Waals surface area (Å²) < 4.78 is 17.1. The van der Waals surface area contributed by atoms with Crippen LogP contribution in [0.5, 0.6) is 0 Å². The number of carbonyl (C=O) groups is 3. The van der Waals surface area contributed by atoms with Gasteiger partial charge in [0.15, 0.2) is 6.10 Å². The third kappa shape index (κ3) is 33.6. The van der Waals surface area contributed by atoms with E-state index < -0.39 is 18.1 Å². The van der Waals surface area contributed by atoms with Gasteiger partial charge in [-0.25, -0.2) is 0 Å². The molecule has 0 aliphatic carbocycles. The Bertz CT molecular complexity index is 854. The van der Waals surface area contributed by atoms with Gasteiger partial charge in [-0.05, 0) is 38.5 Å². The average Bonchev–Trinajstić information content (AvgIpc) is 3.08. The Kier molecular flexibility index (Phi) is 33.8. The van der Waals surface area contributed by atoms with Crippen LogP contribution in [0.25, 0.3) is 0 Å². The molecule has 300 valence electrons. The number of unbranched alkanes of at least 4 members (excludes halogenated alkanes) is 22. The number of ether oxygens (including phenoxy) is 3. The number of esters is 2. The molecule has 0 aromatic heterocycles. The molecule has 0 heterocycles. The van der Waals surface area contributed by atoms with Crippen LogP contribution in [0.3, 0.4) is 0 Å². The number of carbonyl (C=O) groups excluding carboxylic acids is 3. The number of carboxylic acids is 1. The molecular weight excluding hydrogens is 642 g/mol. The summed E-state index contributed by atoms with van der Waals surface area (Å²) in [6.07, 6.45) is 35.3. The van der Waals surface area contributed by atoms with Gasteiger partial charge >= 0.3 is 11.9 Å². The average molecular weight is 724 g/mol. The molecule has 0 rings (SSSR count). The van der Waals surface area contributed by atoms with Crippen LogP contribution in [0.4, 0.5) is 0 Å². The van der Waals surface area contributed by atoms with Gasteiger partial charge in [-0.1, -0.05) is 148 Å². The Morgan fingerprint density at radius 2 is 0.980 bits per heavy atom. The molecule has 0 saturated carbocycles. The number of hydrogen-bond acceptors (Lipinski definition) is 7. The van der Waals surface area contributed by atoms with E-state index >= 15 is 0 Å². The van der Waals surface area contributed by atoms with Crippen LogP contribution in [-0.4, -0.2) is 75.5 Å².